The average Bonchev–Trinajstić information content (AvgIpc) is 2.36. The second-order valence-electron chi connectivity index (χ2n) is 4.03. The summed E-state index contributed by atoms with van der Waals surface area (Å²) in [5.74, 6) is 0.701. The first kappa shape index (κ1) is 14.8. The summed E-state index contributed by atoms with van der Waals surface area (Å²) >= 11 is 5.93. The Morgan fingerprint density at radius 1 is 1.50 bits per heavy atom. The number of methoxy groups -OCH3 is 1. The Morgan fingerprint density at radius 2 is 2.22 bits per heavy atom. The summed E-state index contributed by atoms with van der Waals surface area (Å²) in [4.78, 5) is 13.3. The number of halogens is 1. The van der Waals surface area contributed by atoms with Crippen LogP contribution in [0.1, 0.15) is 18.4 Å². The zero-order valence-electron chi connectivity index (χ0n) is 10.6. The monoisotopic (exact) mass is 271 g/mol. The minimum Gasteiger partial charge on any atom is -0.496 e. The first-order valence-corrected chi connectivity index (χ1v) is 6.13. The number of hydrogen-bond acceptors (Lipinski definition) is 3. The van der Waals surface area contributed by atoms with Crippen molar-refractivity contribution < 1.29 is 14.6 Å². The number of benzene rings is 1. The molecule has 0 aliphatic rings. The molecular weight excluding hydrogens is 254 g/mol. The van der Waals surface area contributed by atoms with Gasteiger partial charge in [0.25, 0.3) is 0 Å². The zero-order chi connectivity index (χ0) is 13.5. The third kappa shape index (κ3) is 4.20. The van der Waals surface area contributed by atoms with Gasteiger partial charge in [0.2, 0.25) is 5.91 Å². The van der Waals surface area contributed by atoms with E-state index in [0.717, 1.165) is 5.56 Å². The number of nitrogens with zero attached hydrogens (tertiary/aromatic N) is 1. The molecular formula is C13H18ClNO3. The SMILES string of the molecule is COc1ccc(Cl)cc1CN(C)C(=O)CCCO. The van der Waals surface area contributed by atoms with Crippen LogP contribution in [0.3, 0.4) is 0 Å². The van der Waals surface area contributed by atoms with Crippen LogP contribution in [-0.4, -0.2) is 36.7 Å². The fourth-order valence-corrected chi connectivity index (χ4v) is 1.83. The van der Waals surface area contributed by atoms with E-state index in [0.29, 0.717) is 30.2 Å². The molecule has 5 heteroatoms. The number of carbonyl (C=O) groups is 1. The van der Waals surface area contributed by atoms with Crippen molar-refractivity contribution in [3.05, 3.63) is 28.8 Å². The molecule has 0 spiro atoms. The summed E-state index contributed by atoms with van der Waals surface area (Å²) in [5, 5.41) is 9.31. The standard InChI is InChI=1S/C13H18ClNO3/c1-15(13(17)4-3-7-16)9-10-8-11(14)5-6-12(10)18-2/h5-6,8,16H,3-4,7,9H2,1-2H3. The van der Waals surface area contributed by atoms with E-state index in [4.69, 9.17) is 21.4 Å². The van der Waals surface area contributed by atoms with Crippen molar-refractivity contribution in [2.45, 2.75) is 19.4 Å². The number of aliphatic hydroxyl groups is 1. The van der Waals surface area contributed by atoms with Crippen LogP contribution in [0.5, 0.6) is 5.75 Å². The van der Waals surface area contributed by atoms with Crippen molar-refractivity contribution in [1.82, 2.24) is 4.90 Å². The maximum absolute atomic E-state index is 11.7. The van der Waals surface area contributed by atoms with Gasteiger partial charge in [-0.3, -0.25) is 4.79 Å². The normalized spacial score (nSPS) is 10.2. The van der Waals surface area contributed by atoms with Gasteiger partial charge in [-0.2, -0.15) is 0 Å². The van der Waals surface area contributed by atoms with Crippen LogP contribution in [0, 0.1) is 0 Å². The van der Waals surface area contributed by atoms with E-state index in [1.54, 1.807) is 37.3 Å². The molecule has 0 atom stereocenters. The molecule has 0 aromatic heterocycles. The van der Waals surface area contributed by atoms with Gasteiger partial charge in [0.05, 0.1) is 7.11 Å². The molecule has 0 aliphatic carbocycles. The Kier molecular flexibility index (Phi) is 5.95. The minimum absolute atomic E-state index is 0.00826. The molecule has 18 heavy (non-hydrogen) atoms. The third-order valence-electron chi connectivity index (χ3n) is 2.62. The molecule has 4 nitrogen and oxygen atoms in total. The molecule has 0 saturated heterocycles. The first-order valence-electron chi connectivity index (χ1n) is 5.75. The van der Waals surface area contributed by atoms with Crippen LogP contribution in [0.4, 0.5) is 0 Å². The fourth-order valence-electron chi connectivity index (χ4n) is 1.64. The topological polar surface area (TPSA) is 49.8 Å². The summed E-state index contributed by atoms with van der Waals surface area (Å²) in [7, 11) is 3.31. The fraction of sp³-hybridized carbons (Fsp3) is 0.462. The molecule has 0 unspecified atom stereocenters. The lowest BCUT2D eigenvalue weighted by Crippen LogP contribution is -2.26. The molecule has 0 bridgehead atoms. The number of amides is 1. The number of hydrogen-bond donors (Lipinski definition) is 1. The lowest BCUT2D eigenvalue weighted by Gasteiger charge is -2.19. The van der Waals surface area contributed by atoms with E-state index in [1.807, 2.05) is 0 Å². The van der Waals surface area contributed by atoms with Gasteiger partial charge in [-0.1, -0.05) is 11.6 Å². The molecule has 0 fully saturated rings. The van der Waals surface area contributed by atoms with Gasteiger partial charge in [0.1, 0.15) is 5.75 Å². The van der Waals surface area contributed by atoms with Crippen molar-refractivity contribution >= 4 is 17.5 Å². The van der Waals surface area contributed by atoms with Crippen LogP contribution < -0.4 is 4.74 Å². The molecule has 1 N–H and O–H groups in total. The maximum atomic E-state index is 11.7. The molecule has 1 rings (SSSR count). The van der Waals surface area contributed by atoms with E-state index in [9.17, 15) is 4.79 Å². The summed E-state index contributed by atoms with van der Waals surface area (Å²) in [5.41, 5.74) is 0.866. The third-order valence-corrected chi connectivity index (χ3v) is 2.86. The highest BCUT2D eigenvalue weighted by molar-refractivity contribution is 6.30. The van der Waals surface area contributed by atoms with Gasteiger partial charge in [-0.05, 0) is 24.6 Å². The maximum Gasteiger partial charge on any atom is 0.222 e. The second kappa shape index (κ2) is 7.24. The van der Waals surface area contributed by atoms with Gasteiger partial charge in [0.15, 0.2) is 0 Å². The van der Waals surface area contributed by atoms with Crippen LogP contribution >= 0.6 is 11.6 Å². The van der Waals surface area contributed by atoms with Gasteiger partial charge in [-0.15, -0.1) is 0 Å². The molecule has 0 heterocycles. The highest BCUT2D eigenvalue weighted by Gasteiger charge is 2.12. The Hall–Kier alpha value is -1.26. The average molecular weight is 272 g/mol. The molecule has 1 amide bonds. The van der Waals surface area contributed by atoms with Crippen molar-refractivity contribution in [3.8, 4) is 5.75 Å². The van der Waals surface area contributed by atoms with Crippen LogP contribution in [0.25, 0.3) is 0 Å². The van der Waals surface area contributed by atoms with Crippen molar-refractivity contribution in [1.29, 1.82) is 0 Å². The smallest absolute Gasteiger partial charge is 0.222 e. The number of carbonyl (C=O) groups excluding carboxylic acids is 1. The Morgan fingerprint density at radius 3 is 2.83 bits per heavy atom. The summed E-state index contributed by atoms with van der Waals surface area (Å²) < 4.78 is 5.23. The lowest BCUT2D eigenvalue weighted by atomic mass is 10.2. The molecule has 0 saturated carbocycles. The molecule has 100 valence electrons. The van der Waals surface area contributed by atoms with Crippen molar-refractivity contribution in [2.75, 3.05) is 20.8 Å². The van der Waals surface area contributed by atoms with Gasteiger partial charge >= 0.3 is 0 Å². The lowest BCUT2D eigenvalue weighted by molar-refractivity contribution is -0.130. The molecule has 0 radical (unpaired) electrons. The summed E-state index contributed by atoms with van der Waals surface area (Å²) in [6.07, 6.45) is 0.825. The predicted octanol–water partition coefficient (Wildman–Crippen LogP) is 2.08. The van der Waals surface area contributed by atoms with Crippen molar-refractivity contribution in [2.24, 2.45) is 0 Å². The largest absolute Gasteiger partial charge is 0.496 e. The van der Waals surface area contributed by atoms with Crippen LogP contribution in [0.2, 0.25) is 5.02 Å². The van der Waals surface area contributed by atoms with Gasteiger partial charge in [-0.25, -0.2) is 0 Å². The van der Waals surface area contributed by atoms with E-state index >= 15 is 0 Å². The van der Waals surface area contributed by atoms with Crippen molar-refractivity contribution in [3.63, 3.8) is 0 Å². The van der Waals surface area contributed by atoms with Gasteiger partial charge in [0, 0.05) is 37.2 Å². The highest BCUT2D eigenvalue weighted by atomic mass is 35.5. The predicted molar refractivity (Wildman–Crippen MR) is 70.8 cm³/mol. The molecule has 1 aromatic rings. The quantitative estimate of drug-likeness (QED) is 0.862. The van der Waals surface area contributed by atoms with Crippen LogP contribution in [-0.2, 0) is 11.3 Å². The van der Waals surface area contributed by atoms with Crippen LogP contribution in [0.15, 0.2) is 18.2 Å². The number of aliphatic hydroxyl groups excluding tert-OH is 1. The first-order chi connectivity index (χ1) is 8.58. The number of rotatable bonds is 6. The second-order valence-corrected chi connectivity index (χ2v) is 4.47. The molecule has 0 aliphatic heterocycles. The summed E-state index contributed by atoms with van der Waals surface area (Å²) in [6, 6.07) is 5.32. The number of ether oxygens (including phenoxy) is 1. The zero-order valence-corrected chi connectivity index (χ0v) is 11.4. The molecule has 1 aromatic carbocycles. The van der Waals surface area contributed by atoms with E-state index in [1.165, 1.54) is 0 Å². The summed E-state index contributed by atoms with van der Waals surface area (Å²) in [6.45, 7) is 0.466. The Balaban J connectivity index is 2.71. The van der Waals surface area contributed by atoms with E-state index < -0.39 is 0 Å². The minimum atomic E-state index is -0.00826. The van der Waals surface area contributed by atoms with E-state index in [-0.39, 0.29) is 12.5 Å². The highest BCUT2D eigenvalue weighted by Crippen LogP contribution is 2.23. The Labute approximate surface area is 112 Å². The van der Waals surface area contributed by atoms with Gasteiger partial charge < -0.3 is 14.7 Å². The Bertz CT molecular complexity index is 409. The van der Waals surface area contributed by atoms with E-state index in [2.05, 4.69) is 0 Å².